The van der Waals surface area contributed by atoms with Gasteiger partial charge in [0.1, 0.15) is 0 Å². The van der Waals surface area contributed by atoms with E-state index in [4.69, 9.17) is 9.47 Å². The third-order valence-corrected chi connectivity index (χ3v) is 6.17. The molecule has 1 unspecified atom stereocenters. The Hall–Kier alpha value is -1.55. The molecule has 1 fully saturated rings. The minimum atomic E-state index is -3.71. The highest BCUT2D eigenvalue weighted by molar-refractivity contribution is 7.89. The molecule has 0 saturated carbocycles. The zero-order valence-corrected chi connectivity index (χ0v) is 17.4. The molecule has 0 spiro atoms. The molecule has 0 aliphatic carbocycles. The maximum Gasteiger partial charge on any atom is 0.240 e. The van der Waals surface area contributed by atoms with Gasteiger partial charge in [0, 0.05) is 32.0 Å². The molecule has 0 bridgehead atoms. The summed E-state index contributed by atoms with van der Waals surface area (Å²) in [6.07, 6.45) is 2.95. The minimum Gasteiger partial charge on any atom is -0.490 e. The Labute approximate surface area is 172 Å². The number of benzene rings is 1. The van der Waals surface area contributed by atoms with E-state index in [1.807, 2.05) is 0 Å². The monoisotopic (exact) mass is 433 g/mol. The average molecular weight is 434 g/mol. The molecule has 1 aromatic rings. The Balaban J connectivity index is 0.00000280. The smallest absolute Gasteiger partial charge is 0.240 e. The van der Waals surface area contributed by atoms with Crippen LogP contribution in [-0.4, -0.2) is 53.7 Å². The highest BCUT2D eigenvalue weighted by atomic mass is 35.5. The van der Waals surface area contributed by atoms with Crippen molar-refractivity contribution in [3.05, 3.63) is 18.2 Å². The molecule has 3 N–H and O–H groups in total. The molecule has 2 aliphatic rings. The molecule has 1 atom stereocenters. The molecule has 28 heavy (non-hydrogen) atoms. The summed E-state index contributed by atoms with van der Waals surface area (Å²) in [5.74, 6) is 1.43. The molecule has 2 aliphatic heterocycles. The van der Waals surface area contributed by atoms with E-state index in [0.717, 1.165) is 32.4 Å². The van der Waals surface area contributed by atoms with Crippen molar-refractivity contribution in [3.8, 4) is 11.5 Å². The van der Waals surface area contributed by atoms with Gasteiger partial charge in [-0.05, 0) is 44.0 Å². The number of nitrogens with one attached hydrogen (secondary N) is 3. The number of halogens is 1. The molecule has 1 amide bonds. The fourth-order valence-electron chi connectivity index (χ4n) is 3.16. The van der Waals surface area contributed by atoms with Gasteiger partial charge in [0.15, 0.2) is 11.5 Å². The Morgan fingerprint density at radius 3 is 2.71 bits per heavy atom. The quantitative estimate of drug-likeness (QED) is 0.566. The van der Waals surface area contributed by atoms with Gasteiger partial charge in [-0.3, -0.25) is 4.79 Å². The number of fused-ring (bicyclic) bond motifs is 1. The van der Waals surface area contributed by atoms with Crippen LogP contribution in [0.2, 0.25) is 0 Å². The van der Waals surface area contributed by atoms with Crippen molar-refractivity contribution in [1.82, 2.24) is 15.4 Å². The summed E-state index contributed by atoms with van der Waals surface area (Å²) in [6, 6.07) is 4.53. The van der Waals surface area contributed by atoms with Gasteiger partial charge in [-0.1, -0.05) is 0 Å². The second-order valence-electron chi connectivity index (χ2n) is 6.80. The summed E-state index contributed by atoms with van der Waals surface area (Å²) in [5.41, 5.74) is 0. The lowest BCUT2D eigenvalue weighted by molar-refractivity contribution is -0.120. The van der Waals surface area contributed by atoms with E-state index < -0.39 is 10.0 Å². The lowest BCUT2D eigenvalue weighted by Gasteiger charge is -2.11. The standard InChI is InChI=1S/C18H27N3O5S.ClH/c22-18(20-8-5-14-4-7-19-13-14)6-9-21-27(23,24)15-2-3-16-17(12-15)26-11-1-10-25-16;/h2-3,12,14,19,21H,1,4-11,13H2,(H,20,22);1H. The van der Waals surface area contributed by atoms with Gasteiger partial charge >= 0.3 is 0 Å². The van der Waals surface area contributed by atoms with E-state index in [1.54, 1.807) is 6.07 Å². The van der Waals surface area contributed by atoms with E-state index in [1.165, 1.54) is 12.1 Å². The molecule has 0 aromatic heterocycles. The van der Waals surface area contributed by atoms with Gasteiger partial charge in [0.25, 0.3) is 0 Å². The second kappa shape index (κ2) is 10.8. The summed E-state index contributed by atoms with van der Waals surface area (Å²) < 4.78 is 38.4. The third-order valence-electron chi connectivity index (χ3n) is 4.71. The van der Waals surface area contributed by atoms with Crippen molar-refractivity contribution in [2.45, 2.75) is 30.6 Å². The van der Waals surface area contributed by atoms with Gasteiger partial charge in [-0.15, -0.1) is 12.4 Å². The molecule has 8 nitrogen and oxygen atoms in total. The fraction of sp³-hybridized carbons (Fsp3) is 0.611. The van der Waals surface area contributed by atoms with Crippen LogP contribution >= 0.6 is 12.4 Å². The first kappa shape index (κ1) is 22.7. The predicted octanol–water partition coefficient (Wildman–Crippen LogP) is 1.05. The average Bonchev–Trinajstić information content (AvgIpc) is 3.04. The Morgan fingerprint density at radius 2 is 1.96 bits per heavy atom. The Kier molecular flexibility index (Phi) is 8.81. The van der Waals surface area contributed by atoms with Crippen molar-refractivity contribution in [2.24, 2.45) is 5.92 Å². The predicted molar refractivity (Wildman–Crippen MR) is 108 cm³/mol. The van der Waals surface area contributed by atoms with Gasteiger partial charge < -0.3 is 20.1 Å². The first-order chi connectivity index (χ1) is 13.0. The molecule has 3 rings (SSSR count). The zero-order valence-electron chi connectivity index (χ0n) is 15.7. The van der Waals surface area contributed by atoms with Crippen LogP contribution < -0.4 is 24.8 Å². The lowest BCUT2D eigenvalue weighted by atomic mass is 10.1. The van der Waals surface area contributed by atoms with E-state index in [9.17, 15) is 13.2 Å². The highest BCUT2D eigenvalue weighted by Gasteiger charge is 2.19. The Bertz CT molecular complexity index is 754. The topological polar surface area (TPSA) is 106 Å². The molecule has 2 heterocycles. The summed E-state index contributed by atoms with van der Waals surface area (Å²) in [7, 11) is -3.71. The number of carbonyl (C=O) groups excluding carboxylic acids is 1. The van der Waals surface area contributed by atoms with E-state index in [-0.39, 0.29) is 36.2 Å². The second-order valence-corrected chi connectivity index (χ2v) is 8.57. The van der Waals surface area contributed by atoms with E-state index in [2.05, 4.69) is 15.4 Å². The first-order valence-electron chi connectivity index (χ1n) is 9.41. The Morgan fingerprint density at radius 1 is 1.18 bits per heavy atom. The maximum absolute atomic E-state index is 12.4. The first-order valence-corrected chi connectivity index (χ1v) is 10.9. The molecular formula is C18H28ClN3O5S. The number of sulfonamides is 1. The fourth-order valence-corrected chi connectivity index (χ4v) is 4.20. The number of carbonyl (C=O) groups is 1. The summed E-state index contributed by atoms with van der Waals surface area (Å²) in [5, 5.41) is 6.14. The normalized spacial score (nSPS) is 18.8. The lowest BCUT2D eigenvalue weighted by Crippen LogP contribution is -2.31. The van der Waals surface area contributed by atoms with Crippen LogP contribution in [0.4, 0.5) is 0 Å². The third kappa shape index (κ3) is 6.51. The number of hydrogen-bond acceptors (Lipinski definition) is 6. The van der Waals surface area contributed by atoms with Gasteiger partial charge in [0.05, 0.1) is 18.1 Å². The summed E-state index contributed by atoms with van der Waals surface area (Å²) >= 11 is 0. The molecule has 10 heteroatoms. The zero-order chi connectivity index (χ0) is 19.1. The van der Waals surface area contributed by atoms with Crippen LogP contribution in [0.25, 0.3) is 0 Å². The van der Waals surface area contributed by atoms with Crippen LogP contribution in [-0.2, 0) is 14.8 Å². The van der Waals surface area contributed by atoms with Crippen LogP contribution in [0.5, 0.6) is 11.5 Å². The number of hydrogen-bond donors (Lipinski definition) is 3. The van der Waals surface area contributed by atoms with Crippen molar-refractivity contribution in [3.63, 3.8) is 0 Å². The van der Waals surface area contributed by atoms with Gasteiger partial charge in [-0.2, -0.15) is 0 Å². The van der Waals surface area contributed by atoms with Crippen molar-refractivity contribution in [1.29, 1.82) is 0 Å². The highest BCUT2D eigenvalue weighted by Crippen LogP contribution is 2.31. The van der Waals surface area contributed by atoms with Crippen LogP contribution in [0, 0.1) is 5.92 Å². The molecule has 0 radical (unpaired) electrons. The molecule has 158 valence electrons. The molecular weight excluding hydrogens is 406 g/mol. The summed E-state index contributed by atoms with van der Waals surface area (Å²) in [6.45, 7) is 3.75. The number of ether oxygens (including phenoxy) is 2. The largest absolute Gasteiger partial charge is 0.490 e. The van der Waals surface area contributed by atoms with Crippen molar-refractivity contribution in [2.75, 3.05) is 39.4 Å². The van der Waals surface area contributed by atoms with Crippen LogP contribution in [0.3, 0.4) is 0 Å². The van der Waals surface area contributed by atoms with Crippen molar-refractivity contribution < 1.29 is 22.7 Å². The molecule has 1 saturated heterocycles. The van der Waals surface area contributed by atoms with Gasteiger partial charge in [-0.25, -0.2) is 13.1 Å². The SMILES string of the molecule is Cl.O=C(CCNS(=O)(=O)c1ccc2c(c1)OCCCO2)NCCC1CCNC1. The van der Waals surface area contributed by atoms with E-state index >= 15 is 0 Å². The number of amides is 1. The molecule has 1 aromatic carbocycles. The maximum atomic E-state index is 12.4. The number of rotatable bonds is 8. The summed E-state index contributed by atoms with van der Waals surface area (Å²) in [4.78, 5) is 12.0. The minimum absolute atomic E-state index is 0. The van der Waals surface area contributed by atoms with Gasteiger partial charge in [0.2, 0.25) is 15.9 Å². The van der Waals surface area contributed by atoms with Crippen molar-refractivity contribution >= 4 is 28.3 Å². The van der Waals surface area contributed by atoms with Crippen LogP contribution in [0.1, 0.15) is 25.7 Å². The van der Waals surface area contributed by atoms with E-state index in [0.29, 0.717) is 37.2 Å². The van der Waals surface area contributed by atoms with Crippen LogP contribution in [0.15, 0.2) is 23.1 Å².